The third-order valence-electron chi connectivity index (χ3n) is 15.1. The van der Waals surface area contributed by atoms with E-state index < -0.39 is 129 Å². The summed E-state index contributed by atoms with van der Waals surface area (Å²) in [4.78, 5) is 136. The first-order chi connectivity index (χ1) is 42.6. The predicted octanol–water partition coefficient (Wildman–Crippen LogP) is 3.86. The molecule has 9 amide bonds. The van der Waals surface area contributed by atoms with Crippen molar-refractivity contribution in [2.45, 2.75) is 102 Å². The monoisotopic (exact) mass is 1260 g/mol. The molecule has 1 fully saturated rings. The van der Waals surface area contributed by atoms with E-state index >= 15 is 0 Å². The Hall–Kier alpha value is -8.07. The number of hydrogen-bond donors (Lipinski definition) is 6. The van der Waals surface area contributed by atoms with E-state index in [0.717, 1.165) is 35.4 Å². The van der Waals surface area contributed by atoms with Gasteiger partial charge in [-0.3, -0.25) is 43.2 Å². The zero-order chi connectivity index (χ0) is 64.9. The zero-order valence-electron chi connectivity index (χ0n) is 50.5. The van der Waals surface area contributed by atoms with Gasteiger partial charge >= 0.3 is 6.18 Å². The number of carbonyl (C=O) groups is 9. The predicted molar refractivity (Wildman–Crippen MR) is 331 cm³/mol. The van der Waals surface area contributed by atoms with Crippen LogP contribution in [0, 0.1) is 0 Å². The Balaban J connectivity index is 1.40. The van der Waals surface area contributed by atoms with Crippen molar-refractivity contribution in [3.05, 3.63) is 144 Å². The molecule has 0 spiro atoms. The van der Waals surface area contributed by atoms with Crippen molar-refractivity contribution in [3.63, 3.8) is 0 Å². The minimum atomic E-state index is -4.68. The summed E-state index contributed by atoms with van der Waals surface area (Å²) >= 11 is 4.09. The van der Waals surface area contributed by atoms with Gasteiger partial charge in [0.1, 0.15) is 44.5 Å². The van der Waals surface area contributed by atoms with Crippen LogP contribution in [0.1, 0.15) is 92.3 Å². The van der Waals surface area contributed by atoms with E-state index in [4.69, 9.17) is 21.6 Å². The molecular formula is C63H85F3N12O10S. The summed E-state index contributed by atoms with van der Waals surface area (Å²) in [6, 6.07) is 23.3. The molecule has 2 atom stereocenters. The lowest BCUT2D eigenvalue weighted by molar-refractivity contribution is -0.150. The molecule has 22 nitrogen and oxygen atoms in total. The lowest BCUT2D eigenvalue weighted by Crippen LogP contribution is -2.53. The highest BCUT2D eigenvalue weighted by molar-refractivity contribution is 7.80. The molecule has 5 rings (SSSR count). The Morgan fingerprint density at radius 1 is 0.652 bits per heavy atom. The third-order valence-corrected chi connectivity index (χ3v) is 15.5. The van der Waals surface area contributed by atoms with Crippen LogP contribution < -0.4 is 27.8 Å². The van der Waals surface area contributed by atoms with E-state index in [1.54, 1.807) is 49.4 Å². The van der Waals surface area contributed by atoms with Crippen LogP contribution in [0.4, 0.5) is 13.2 Å². The smallest absolute Gasteiger partial charge is 0.416 e. The first-order valence-electron chi connectivity index (χ1n) is 29.8. The Labute approximate surface area is 523 Å². The van der Waals surface area contributed by atoms with Gasteiger partial charge in [-0.2, -0.15) is 25.8 Å². The summed E-state index contributed by atoms with van der Waals surface area (Å²) in [5.41, 5.74) is 17.7. The maximum atomic E-state index is 14.9. The normalized spacial score (nSPS) is 12.9. The van der Waals surface area contributed by atoms with Gasteiger partial charge in [-0.15, -0.1) is 6.58 Å². The fourth-order valence-corrected chi connectivity index (χ4v) is 10.4. The number of rotatable bonds is 38. The van der Waals surface area contributed by atoms with E-state index in [1.165, 1.54) is 53.9 Å². The summed E-state index contributed by atoms with van der Waals surface area (Å²) < 4.78 is 47.3. The van der Waals surface area contributed by atoms with Gasteiger partial charge in [-0.25, -0.2) is 0 Å². The van der Waals surface area contributed by atoms with Crippen LogP contribution in [0.5, 0.6) is 0 Å². The molecule has 1 saturated carbocycles. The van der Waals surface area contributed by atoms with Crippen molar-refractivity contribution < 1.29 is 60.7 Å². The van der Waals surface area contributed by atoms with Crippen molar-refractivity contribution in [1.29, 1.82) is 0 Å². The topological polar surface area (TPSA) is 292 Å². The Morgan fingerprint density at radius 2 is 1.21 bits per heavy atom. The van der Waals surface area contributed by atoms with Gasteiger partial charge in [-0.1, -0.05) is 91.7 Å². The molecule has 3 aromatic carbocycles. The van der Waals surface area contributed by atoms with Crippen molar-refractivity contribution >= 4 is 65.8 Å². The minimum Gasteiger partial charge on any atom is -0.467 e. The van der Waals surface area contributed by atoms with Crippen molar-refractivity contribution in [3.8, 4) is 0 Å². The summed E-state index contributed by atoms with van der Waals surface area (Å²) in [5, 5.41) is 5.53. The Kier molecular flexibility index (Phi) is 29.8. The lowest BCUT2D eigenvalue weighted by atomic mass is 10.1. The maximum absolute atomic E-state index is 14.9. The fraction of sp³-hybridized carbons (Fsp3) is 0.476. The third kappa shape index (κ3) is 23.8. The number of nitrogens with zero attached hydrogens (tertiary/aromatic N) is 7. The van der Waals surface area contributed by atoms with Crippen LogP contribution in [0.15, 0.2) is 120 Å². The average molecular weight is 1260 g/mol. The summed E-state index contributed by atoms with van der Waals surface area (Å²) in [7, 11) is 0. The zero-order valence-corrected chi connectivity index (χ0v) is 51.4. The molecule has 1 aliphatic carbocycles. The highest BCUT2D eigenvalue weighted by Crippen LogP contribution is 2.30. The van der Waals surface area contributed by atoms with Crippen LogP contribution in [-0.2, 0) is 69.0 Å². The Morgan fingerprint density at radius 3 is 1.81 bits per heavy atom. The number of nitrogens with one attached hydrogen (secondary N) is 2. The number of carbonyl (C=O) groups excluding carboxylic acids is 9. The number of amides is 9. The second-order valence-corrected chi connectivity index (χ2v) is 22.2. The quantitative estimate of drug-likeness (QED) is 0.0212. The first-order valence-corrected chi connectivity index (χ1v) is 30.5. The van der Waals surface area contributed by atoms with Crippen LogP contribution >= 0.6 is 12.6 Å². The van der Waals surface area contributed by atoms with Gasteiger partial charge < -0.3 is 66.6 Å². The molecule has 0 aliphatic heterocycles. The summed E-state index contributed by atoms with van der Waals surface area (Å²) in [6.07, 6.45) is 2.36. The number of hydrogen-bond acceptors (Lipinski definition) is 14. The van der Waals surface area contributed by atoms with Gasteiger partial charge in [0, 0.05) is 44.5 Å². The van der Waals surface area contributed by atoms with Gasteiger partial charge in [0.15, 0.2) is 0 Å². The molecule has 0 radical (unpaired) electrons. The van der Waals surface area contributed by atoms with E-state index in [0.29, 0.717) is 50.6 Å². The molecule has 1 aliphatic rings. The molecule has 0 bridgehead atoms. The van der Waals surface area contributed by atoms with Gasteiger partial charge in [-0.05, 0) is 99.5 Å². The SMILES string of the molecule is C=CCN(CC(=O)N(CC(=O)N(CCCCN)CC(=O)N(CCCCN)CC(=O)N[C@H](CS)C(N)=O)[C@@H](C)c1ccccc1)C(=O)CN(Cc1ccco1)C(=O)CN(C(=O)CN(Cc1cccc(C(F)(F)F)c1)C(=O)CNCc1ccccc1)C1CCCC1. The van der Waals surface area contributed by atoms with Crippen LogP contribution in [0.25, 0.3) is 0 Å². The minimum absolute atomic E-state index is 0.0446. The van der Waals surface area contributed by atoms with Gasteiger partial charge in [0.05, 0.1) is 44.0 Å². The molecule has 1 aromatic heterocycles. The first kappa shape index (κ1) is 71.7. The van der Waals surface area contributed by atoms with Crippen molar-refractivity contribution in [2.24, 2.45) is 17.2 Å². The molecule has 1 heterocycles. The number of primary amides is 1. The van der Waals surface area contributed by atoms with Crippen molar-refractivity contribution in [1.82, 2.24) is 44.9 Å². The molecule has 8 N–H and O–H groups in total. The van der Waals surface area contributed by atoms with E-state index in [9.17, 15) is 56.3 Å². The Bertz CT molecular complexity index is 2940. The second-order valence-electron chi connectivity index (χ2n) is 21.8. The number of alkyl halides is 3. The van der Waals surface area contributed by atoms with Crippen molar-refractivity contribution in [2.75, 3.05) is 90.8 Å². The molecule has 89 heavy (non-hydrogen) atoms. The number of thiol groups is 1. The van der Waals surface area contributed by atoms with Gasteiger partial charge in [0.2, 0.25) is 53.2 Å². The standard InChI is InChI=1S/C63H85F3N12O10S/c1-3-29-72(41-60(85)77(46(2)49-21-8-5-9-22-49)43-58(83)74(31-15-13-28-68)39-56(81)73(30-14-12-27-67)38-54(79)71-53(45-89)62(69)87)57(82)40-76(37-52-26-17-32-88-52)59(84)44-78(51-24-10-11-25-51)61(86)42-75(36-48-20-16-23-50(33-48)63(64,65)66)55(80)35-70-34-47-18-6-4-7-19-47/h3-9,16-23,26,32-33,46,51,53,70,89H,1,10-15,24-25,27-31,34-45,67-68H2,2H3,(H2,69,87)(H,71,79)/t46-,53+/m0/s1. The fourth-order valence-electron chi connectivity index (χ4n) is 10.2. The highest BCUT2D eigenvalue weighted by Gasteiger charge is 2.36. The second kappa shape index (κ2) is 37.1. The molecule has 484 valence electrons. The number of furan rings is 1. The number of benzene rings is 3. The number of unbranched alkanes of at least 4 members (excludes halogenated alkanes) is 2. The van der Waals surface area contributed by atoms with Crippen LogP contribution in [0.3, 0.4) is 0 Å². The largest absolute Gasteiger partial charge is 0.467 e. The van der Waals surface area contributed by atoms with Crippen LogP contribution in [0.2, 0.25) is 0 Å². The van der Waals surface area contributed by atoms with E-state index in [-0.39, 0.29) is 69.4 Å². The average Bonchev–Trinajstić information content (AvgIpc) is 4.18. The molecule has 0 unspecified atom stereocenters. The molecule has 0 saturated heterocycles. The summed E-state index contributed by atoms with van der Waals surface area (Å²) in [5.74, 6) is -5.87. The number of halogens is 3. The van der Waals surface area contributed by atoms with Gasteiger partial charge in [0.25, 0.3) is 0 Å². The van der Waals surface area contributed by atoms with E-state index in [1.807, 2.05) is 30.3 Å². The number of nitrogens with two attached hydrogens (primary N) is 3. The molecular weight excluding hydrogens is 1170 g/mol. The highest BCUT2D eigenvalue weighted by atomic mass is 32.1. The maximum Gasteiger partial charge on any atom is 0.416 e. The lowest BCUT2D eigenvalue weighted by Gasteiger charge is -2.35. The molecule has 26 heteroatoms. The summed E-state index contributed by atoms with van der Waals surface area (Å²) in [6.45, 7) is 1.51. The van der Waals surface area contributed by atoms with Crippen LogP contribution in [-0.4, -0.2) is 190 Å². The molecule has 4 aromatic rings. The van der Waals surface area contributed by atoms with E-state index in [2.05, 4.69) is 29.8 Å².